The fourth-order valence-corrected chi connectivity index (χ4v) is 4.73. The molecule has 1 N–H and O–H groups in total. The molecule has 0 radical (unpaired) electrons. The zero-order chi connectivity index (χ0) is 24.9. The third-order valence-electron chi connectivity index (χ3n) is 6.04. The third-order valence-corrected chi connectivity index (χ3v) is 7.07. The van der Waals surface area contributed by atoms with Gasteiger partial charge in [0.15, 0.2) is 0 Å². The summed E-state index contributed by atoms with van der Waals surface area (Å²) < 4.78 is 0. The van der Waals surface area contributed by atoms with E-state index in [4.69, 9.17) is 0 Å². The molecule has 0 aromatic heterocycles. The number of hydrogen-bond donors (Lipinski definition) is 1. The van der Waals surface area contributed by atoms with E-state index in [1.165, 1.54) is 5.56 Å². The van der Waals surface area contributed by atoms with Crippen molar-refractivity contribution < 1.29 is 9.59 Å². The van der Waals surface area contributed by atoms with Gasteiger partial charge in [0.05, 0.1) is 0 Å². The second-order valence-electron chi connectivity index (χ2n) is 8.82. The Labute approximate surface area is 214 Å². The molecule has 184 valence electrons. The van der Waals surface area contributed by atoms with Crippen LogP contribution in [-0.4, -0.2) is 34.6 Å². The van der Waals surface area contributed by atoms with Gasteiger partial charge in [-0.25, -0.2) is 0 Å². The Kier molecular flexibility index (Phi) is 10.9. The second kappa shape index (κ2) is 14.4. The summed E-state index contributed by atoms with van der Waals surface area (Å²) in [4.78, 5) is 28.8. The van der Waals surface area contributed by atoms with E-state index in [2.05, 4.69) is 17.4 Å². The summed E-state index contributed by atoms with van der Waals surface area (Å²) in [5, 5.41) is 3.12. The van der Waals surface area contributed by atoms with Crippen molar-refractivity contribution >= 4 is 23.6 Å². The van der Waals surface area contributed by atoms with Crippen LogP contribution in [0.15, 0.2) is 91.0 Å². The summed E-state index contributed by atoms with van der Waals surface area (Å²) in [6.45, 7) is 4.46. The summed E-state index contributed by atoms with van der Waals surface area (Å²) in [5.41, 5.74) is 3.31. The zero-order valence-electron chi connectivity index (χ0n) is 20.7. The van der Waals surface area contributed by atoms with Crippen molar-refractivity contribution in [3.8, 4) is 0 Å². The van der Waals surface area contributed by atoms with E-state index in [0.29, 0.717) is 25.1 Å². The first-order chi connectivity index (χ1) is 17.1. The van der Waals surface area contributed by atoms with Crippen molar-refractivity contribution in [1.82, 2.24) is 10.2 Å². The van der Waals surface area contributed by atoms with E-state index in [-0.39, 0.29) is 17.9 Å². The SMILES string of the molecule is CC[C@@H](C)NC(=O)[C@@H](Cc1ccccc1)N(Cc1ccccc1)C(=O)CCSCc1ccccc1. The number of carbonyl (C=O) groups is 2. The quantitative estimate of drug-likeness (QED) is 0.306. The topological polar surface area (TPSA) is 49.4 Å². The van der Waals surface area contributed by atoms with Crippen molar-refractivity contribution in [3.05, 3.63) is 108 Å². The van der Waals surface area contributed by atoms with Gasteiger partial charge in [-0.3, -0.25) is 9.59 Å². The number of thioether (sulfide) groups is 1. The van der Waals surface area contributed by atoms with Crippen molar-refractivity contribution in [2.75, 3.05) is 5.75 Å². The van der Waals surface area contributed by atoms with E-state index >= 15 is 0 Å². The fourth-order valence-electron chi connectivity index (χ4n) is 3.84. The minimum atomic E-state index is -0.571. The van der Waals surface area contributed by atoms with Crippen LogP contribution in [-0.2, 0) is 28.3 Å². The normalized spacial score (nSPS) is 12.5. The van der Waals surface area contributed by atoms with Gasteiger partial charge in [0, 0.05) is 36.9 Å². The lowest BCUT2D eigenvalue weighted by Crippen LogP contribution is -2.52. The molecule has 3 aromatic rings. The lowest BCUT2D eigenvalue weighted by atomic mass is 10.0. The van der Waals surface area contributed by atoms with Gasteiger partial charge < -0.3 is 10.2 Å². The predicted molar refractivity (Wildman–Crippen MR) is 146 cm³/mol. The molecule has 0 spiro atoms. The molecule has 0 saturated heterocycles. The maximum atomic E-state index is 13.6. The van der Waals surface area contributed by atoms with Crippen LogP contribution in [0.2, 0.25) is 0 Å². The Morgan fingerprint density at radius 3 is 1.94 bits per heavy atom. The first kappa shape index (κ1) is 26.6. The van der Waals surface area contributed by atoms with Crippen molar-refractivity contribution in [3.63, 3.8) is 0 Å². The Balaban J connectivity index is 1.78. The fraction of sp³-hybridized carbons (Fsp3) is 0.333. The molecule has 0 fully saturated rings. The Morgan fingerprint density at radius 2 is 1.37 bits per heavy atom. The van der Waals surface area contributed by atoms with Crippen molar-refractivity contribution in [2.45, 2.75) is 57.5 Å². The molecule has 3 rings (SSSR count). The van der Waals surface area contributed by atoms with E-state index in [0.717, 1.165) is 23.3 Å². The summed E-state index contributed by atoms with van der Waals surface area (Å²) in [5.74, 6) is 1.50. The van der Waals surface area contributed by atoms with E-state index in [9.17, 15) is 9.59 Å². The highest BCUT2D eigenvalue weighted by Crippen LogP contribution is 2.18. The van der Waals surface area contributed by atoms with Crippen LogP contribution in [0.5, 0.6) is 0 Å². The summed E-state index contributed by atoms with van der Waals surface area (Å²) >= 11 is 1.75. The molecule has 3 aromatic carbocycles. The average Bonchev–Trinajstić information content (AvgIpc) is 2.90. The summed E-state index contributed by atoms with van der Waals surface area (Å²) in [6.07, 6.45) is 1.72. The van der Waals surface area contributed by atoms with E-state index in [1.54, 1.807) is 16.7 Å². The highest BCUT2D eigenvalue weighted by atomic mass is 32.2. The highest BCUT2D eigenvalue weighted by molar-refractivity contribution is 7.98. The molecule has 2 amide bonds. The van der Waals surface area contributed by atoms with Crippen LogP contribution in [0.1, 0.15) is 43.4 Å². The molecular weight excluding hydrogens is 452 g/mol. The van der Waals surface area contributed by atoms with Crippen LogP contribution >= 0.6 is 11.8 Å². The van der Waals surface area contributed by atoms with Gasteiger partial charge in [-0.2, -0.15) is 11.8 Å². The lowest BCUT2D eigenvalue weighted by Gasteiger charge is -2.32. The van der Waals surface area contributed by atoms with Gasteiger partial charge in [-0.15, -0.1) is 0 Å². The zero-order valence-corrected chi connectivity index (χ0v) is 21.5. The number of carbonyl (C=O) groups excluding carboxylic acids is 2. The largest absolute Gasteiger partial charge is 0.352 e. The number of rotatable bonds is 13. The van der Waals surface area contributed by atoms with Gasteiger partial charge in [-0.1, -0.05) is 97.9 Å². The first-order valence-corrected chi connectivity index (χ1v) is 13.5. The van der Waals surface area contributed by atoms with Crippen LogP contribution in [0.3, 0.4) is 0 Å². The van der Waals surface area contributed by atoms with Crippen molar-refractivity contribution in [2.24, 2.45) is 0 Å². The van der Waals surface area contributed by atoms with Crippen LogP contribution < -0.4 is 5.32 Å². The van der Waals surface area contributed by atoms with Gasteiger partial charge in [0.1, 0.15) is 6.04 Å². The highest BCUT2D eigenvalue weighted by Gasteiger charge is 2.30. The van der Waals surface area contributed by atoms with Gasteiger partial charge in [-0.05, 0) is 30.0 Å². The maximum Gasteiger partial charge on any atom is 0.243 e. The van der Waals surface area contributed by atoms with Crippen molar-refractivity contribution in [1.29, 1.82) is 0 Å². The van der Waals surface area contributed by atoms with Gasteiger partial charge in [0.2, 0.25) is 11.8 Å². The number of hydrogen-bond acceptors (Lipinski definition) is 3. The molecule has 0 heterocycles. The summed E-state index contributed by atoms with van der Waals surface area (Å²) in [7, 11) is 0. The monoisotopic (exact) mass is 488 g/mol. The first-order valence-electron chi connectivity index (χ1n) is 12.4. The minimum Gasteiger partial charge on any atom is -0.352 e. The van der Waals surface area contributed by atoms with Gasteiger partial charge >= 0.3 is 0 Å². The lowest BCUT2D eigenvalue weighted by molar-refractivity contribution is -0.141. The van der Waals surface area contributed by atoms with E-state index in [1.807, 2.05) is 92.7 Å². The predicted octanol–water partition coefficient (Wildman–Crippen LogP) is 5.86. The Morgan fingerprint density at radius 1 is 0.829 bits per heavy atom. The molecule has 0 bridgehead atoms. The van der Waals surface area contributed by atoms with Gasteiger partial charge in [0.25, 0.3) is 0 Å². The standard InChI is InChI=1S/C30H36N2O2S/c1-3-24(2)31-30(34)28(21-25-13-7-4-8-14-25)32(22-26-15-9-5-10-16-26)29(33)19-20-35-23-27-17-11-6-12-18-27/h4-18,24,28H,3,19-23H2,1-2H3,(H,31,34)/t24-,28-/m1/s1. The Hall–Kier alpha value is -3.05. The number of amides is 2. The molecule has 4 nitrogen and oxygen atoms in total. The second-order valence-corrected chi connectivity index (χ2v) is 9.92. The maximum absolute atomic E-state index is 13.6. The smallest absolute Gasteiger partial charge is 0.243 e. The molecular formula is C30H36N2O2S. The number of nitrogens with zero attached hydrogens (tertiary/aromatic N) is 1. The molecule has 0 unspecified atom stereocenters. The minimum absolute atomic E-state index is 0.00893. The van der Waals surface area contributed by atoms with Crippen LogP contribution in [0, 0.1) is 0 Å². The third kappa shape index (κ3) is 8.91. The molecule has 0 saturated carbocycles. The molecule has 0 aliphatic rings. The Bertz CT molecular complexity index is 1030. The molecule has 0 aliphatic heterocycles. The number of benzene rings is 3. The molecule has 35 heavy (non-hydrogen) atoms. The molecule has 0 aliphatic carbocycles. The van der Waals surface area contributed by atoms with Crippen LogP contribution in [0.4, 0.5) is 0 Å². The molecule has 5 heteroatoms. The molecule has 2 atom stereocenters. The number of nitrogens with one attached hydrogen (secondary N) is 1. The van der Waals surface area contributed by atoms with E-state index < -0.39 is 6.04 Å². The summed E-state index contributed by atoms with van der Waals surface area (Å²) in [6, 6.07) is 29.6. The average molecular weight is 489 g/mol. The van der Waals surface area contributed by atoms with Crippen LogP contribution in [0.25, 0.3) is 0 Å².